The first-order valence-corrected chi connectivity index (χ1v) is 12.1. The number of rotatable bonds is 4. The van der Waals surface area contributed by atoms with Crippen LogP contribution in [0, 0.1) is 12.8 Å². The topological polar surface area (TPSA) is 46.6 Å². The molecule has 0 amide bonds. The number of hydrogen-bond donors (Lipinski definition) is 0. The van der Waals surface area contributed by atoms with Gasteiger partial charge >= 0.3 is 6.18 Å². The van der Waals surface area contributed by atoms with Gasteiger partial charge in [-0.25, -0.2) is 0 Å². The second-order valence-electron chi connectivity index (χ2n) is 8.76. The Morgan fingerprint density at radius 3 is 2.55 bits per heavy atom. The van der Waals surface area contributed by atoms with Gasteiger partial charge in [-0.1, -0.05) is 35.9 Å². The van der Waals surface area contributed by atoms with Crippen molar-refractivity contribution >= 4 is 10.1 Å². The summed E-state index contributed by atoms with van der Waals surface area (Å²) in [6.45, 7) is 2.02. The summed E-state index contributed by atoms with van der Waals surface area (Å²) in [5, 5.41) is 0. The number of fused-ring (bicyclic) bond motifs is 3. The lowest BCUT2D eigenvalue weighted by molar-refractivity contribution is -0.137. The van der Waals surface area contributed by atoms with Crippen LogP contribution in [0.5, 0.6) is 0 Å². The Labute approximate surface area is 181 Å². The SMILES string of the molecule is Cc1cccc(CC2C3CCc4cc(C(F)(F)F)ccc4C3C(OS(C)(=O)=O)N2C)c1. The first-order chi connectivity index (χ1) is 14.4. The molecule has 1 aliphatic carbocycles. The molecule has 31 heavy (non-hydrogen) atoms. The van der Waals surface area contributed by atoms with Gasteiger partial charge in [-0.3, -0.25) is 9.08 Å². The van der Waals surface area contributed by atoms with Crippen molar-refractivity contribution in [3.05, 3.63) is 70.3 Å². The Morgan fingerprint density at radius 2 is 1.90 bits per heavy atom. The summed E-state index contributed by atoms with van der Waals surface area (Å²) in [5.74, 6) is -0.220. The zero-order chi connectivity index (χ0) is 22.6. The molecule has 0 aromatic heterocycles. The molecular formula is C23H26F3NO3S. The number of likely N-dealkylation sites (tertiary alicyclic amines) is 1. The molecule has 4 rings (SSSR count). The van der Waals surface area contributed by atoms with Gasteiger partial charge in [0.15, 0.2) is 0 Å². The summed E-state index contributed by atoms with van der Waals surface area (Å²) < 4.78 is 69.2. The van der Waals surface area contributed by atoms with Crippen LogP contribution in [0.15, 0.2) is 42.5 Å². The Morgan fingerprint density at radius 1 is 1.16 bits per heavy atom. The standard InChI is InChI=1S/C23H26F3NO3S/c1-14-5-4-6-15(11-14)12-20-19-9-7-16-13-17(23(24,25)26)8-10-18(16)21(19)22(27(20)2)30-31(3,28)29/h4-6,8,10-11,13,19-22H,7,9,12H2,1-3H3. The summed E-state index contributed by atoms with van der Waals surface area (Å²) in [5.41, 5.74) is 3.01. The van der Waals surface area contributed by atoms with Gasteiger partial charge in [-0.2, -0.15) is 21.6 Å². The number of likely N-dealkylation sites (N-methyl/N-ethyl adjacent to an activating group) is 1. The number of halogens is 3. The van der Waals surface area contributed by atoms with Crippen molar-refractivity contribution in [1.29, 1.82) is 0 Å². The van der Waals surface area contributed by atoms with Gasteiger partial charge in [0.25, 0.3) is 10.1 Å². The van der Waals surface area contributed by atoms with Crippen LogP contribution >= 0.6 is 0 Å². The quantitative estimate of drug-likeness (QED) is 0.639. The highest BCUT2D eigenvalue weighted by Gasteiger charge is 2.51. The van der Waals surface area contributed by atoms with Crippen molar-refractivity contribution in [1.82, 2.24) is 4.90 Å². The number of hydrogen-bond acceptors (Lipinski definition) is 4. The molecule has 168 valence electrons. The van der Waals surface area contributed by atoms with Gasteiger partial charge in [0.1, 0.15) is 6.23 Å². The smallest absolute Gasteiger partial charge is 0.276 e. The predicted octanol–water partition coefficient (Wildman–Crippen LogP) is 4.52. The van der Waals surface area contributed by atoms with E-state index in [0.717, 1.165) is 35.4 Å². The van der Waals surface area contributed by atoms with Gasteiger partial charge in [0, 0.05) is 12.0 Å². The molecule has 0 saturated carbocycles. The third-order valence-electron chi connectivity index (χ3n) is 6.56. The first-order valence-electron chi connectivity index (χ1n) is 10.3. The van der Waals surface area contributed by atoms with Crippen molar-refractivity contribution in [2.45, 2.75) is 50.6 Å². The van der Waals surface area contributed by atoms with Gasteiger partial charge in [-0.15, -0.1) is 0 Å². The Hall–Kier alpha value is -1.90. The summed E-state index contributed by atoms with van der Waals surface area (Å²) in [6, 6.07) is 12.0. The molecule has 2 aliphatic rings. The Bertz CT molecular complexity index is 1080. The van der Waals surface area contributed by atoms with Crippen LogP contribution in [0.3, 0.4) is 0 Å². The maximum absolute atomic E-state index is 13.2. The van der Waals surface area contributed by atoms with E-state index in [1.807, 2.05) is 37.1 Å². The molecular weight excluding hydrogens is 427 g/mol. The number of nitrogens with zero attached hydrogens (tertiary/aromatic N) is 1. The van der Waals surface area contributed by atoms with Crippen LogP contribution in [0.25, 0.3) is 0 Å². The van der Waals surface area contributed by atoms with E-state index in [0.29, 0.717) is 18.4 Å². The van der Waals surface area contributed by atoms with Crippen molar-refractivity contribution in [2.24, 2.45) is 5.92 Å². The second kappa shape index (κ2) is 7.90. The lowest BCUT2D eigenvalue weighted by atomic mass is 9.73. The molecule has 0 bridgehead atoms. The molecule has 1 heterocycles. The third-order valence-corrected chi connectivity index (χ3v) is 7.11. The van der Waals surface area contributed by atoms with E-state index in [1.54, 1.807) is 0 Å². The molecule has 1 aliphatic heterocycles. The minimum Gasteiger partial charge on any atom is -0.276 e. The highest BCUT2D eigenvalue weighted by atomic mass is 32.2. The van der Waals surface area contributed by atoms with Crippen LogP contribution in [-0.2, 0) is 33.3 Å². The zero-order valence-corrected chi connectivity index (χ0v) is 18.5. The highest BCUT2D eigenvalue weighted by molar-refractivity contribution is 7.86. The van der Waals surface area contributed by atoms with E-state index in [-0.39, 0.29) is 17.9 Å². The van der Waals surface area contributed by atoms with E-state index in [2.05, 4.69) is 6.07 Å². The molecule has 4 nitrogen and oxygen atoms in total. The molecule has 4 unspecified atom stereocenters. The summed E-state index contributed by atoms with van der Waals surface area (Å²) >= 11 is 0. The van der Waals surface area contributed by atoms with Crippen LogP contribution in [0.2, 0.25) is 0 Å². The van der Waals surface area contributed by atoms with Crippen LogP contribution in [0.4, 0.5) is 13.2 Å². The van der Waals surface area contributed by atoms with E-state index < -0.39 is 28.1 Å². The largest absolute Gasteiger partial charge is 0.416 e. The average molecular weight is 454 g/mol. The second-order valence-corrected chi connectivity index (χ2v) is 10.4. The molecule has 0 radical (unpaired) electrons. The number of benzene rings is 2. The molecule has 4 atom stereocenters. The van der Waals surface area contributed by atoms with E-state index >= 15 is 0 Å². The molecule has 1 saturated heterocycles. The monoisotopic (exact) mass is 453 g/mol. The van der Waals surface area contributed by atoms with E-state index in [1.165, 1.54) is 12.1 Å². The maximum Gasteiger partial charge on any atom is 0.416 e. The predicted molar refractivity (Wildman–Crippen MR) is 112 cm³/mol. The molecule has 0 spiro atoms. The highest BCUT2D eigenvalue weighted by Crippen LogP contribution is 2.50. The average Bonchev–Trinajstić information content (AvgIpc) is 2.91. The van der Waals surface area contributed by atoms with Crippen LogP contribution < -0.4 is 0 Å². The Kier molecular flexibility index (Phi) is 5.69. The fourth-order valence-corrected chi connectivity index (χ4v) is 5.89. The van der Waals surface area contributed by atoms with Gasteiger partial charge in [0.2, 0.25) is 0 Å². The fourth-order valence-electron chi connectivity index (χ4n) is 5.28. The normalized spacial score (nSPS) is 26.5. The van der Waals surface area contributed by atoms with Gasteiger partial charge in [-0.05, 0) is 68.0 Å². The fraction of sp³-hybridized carbons (Fsp3) is 0.478. The molecule has 0 N–H and O–H groups in total. The van der Waals surface area contributed by atoms with Gasteiger partial charge in [0.05, 0.1) is 11.8 Å². The van der Waals surface area contributed by atoms with Crippen LogP contribution in [-0.4, -0.2) is 38.9 Å². The van der Waals surface area contributed by atoms with Crippen molar-refractivity contribution in [2.75, 3.05) is 13.3 Å². The summed E-state index contributed by atoms with van der Waals surface area (Å²) in [6.07, 6.45) is -2.20. The molecule has 8 heteroatoms. The first kappa shape index (κ1) is 22.3. The number of alkyl halides is 3. The van der Waals surface area contributed by atoms with E-state index in [4.69, 9.17) is 4.18 Å². The lowest BCUT2D eigenvalue weighted by Gasteiger charge is -2.32. The zero-order valence-electron chi connectivity index (χ0n) is 17.7. The minimum absolute atomic E-state index is 0.0222. The summed E-state index contributed by atoms with van der Waals surface area (Å²) in [4.78, 5) is 1.95. The summed E-state index contributed by atoms with van der Waals surface area (Å²) in [7, 11) is -1.90. The van der Waals surface area contributed by atoms with Crippen molar-refractivity contribution in [3.63, 3.8) is 0 Å². The van der Waals surface area contributed by atoms with Crippen LogP contribution in [0.1, 0.15) is 40.2 Å². The lowest BCUT2D eigenvalue weighted by Crippen LogP contribution is -2.38. The number of aryl methyl sites for hydroxylation is 2. The molecule has 2 aromatic rings. The Balaban J connectivity index is 1.74. The van der Waals surface area contributed by atoms with Crippen molar-refractivity contribution in [3.8, 4) is 0 Å². The van der Waals surface area contributed by atoms with Crippen molar-refractivity contribution < 1.29 is 25.8 Å². The molecule has 2 aromatic carbocycles. The molecule has 1 fully saturated rings. The maximum atomic E-state index is 13.2. The minimum atomic E-state index is -4.41. The van der Waals surface area contributed by atoms with E-state index in [9.17, 15) is 21.6 Å². The third kappa shape index (κ3) is 4.52. The van der Waals surface area contributed by atoms with Gasteiger partial charge < -0.3 is 0 Å².